The zero-order chi connectivity index (χ0) is 8.43. The molecule has 0 aromatic carbocycles. The van der Waals surface area contributed by atoms with Crippen molar-refractivity contribution in [1.29, 1.82) is 0 Å². The van der Waals surface area contributed by atoms with E-state index in [0.29, 0.717) is 6.54 Å². The van der Waals surface area contributed by atoms with Gasteiger partial charge in [0, 0.05) is 6.54 Å². The van der Waals surface area contributed by atoms with Gasteiger partial charge in [-0.1, -0.05) is 0 Å². The van der Waals surface area contributed by atoms with E-state index in [1.165, 1.54) is 0 Å². The highest BCUT2D eigenvalue weighted by molar-refractivity contribution is 5.86. The van der Waals surface area contributed by atoms with Gasteiger partial charge in [0.1, 0.15) is 6.04 Å². The molecule has 0 saturated carbocycles. The number of nitrogens with one attached hydrogen (secondary N) is 1. The Bertz CT molecular complexity index is 192. The minimum atomic E-state index is -0.982. The lowest BCUT2D eigenvalue weighted by Gasteiger charge is -2.27. The second kappa shape index (κ2) is 2.87. The number of likely N-dealkylation sites (N-methyl/N-ethyl adjacent to an activating group) is 1. The number of nitrogens with zero attached hydrogens (tertiary/aromatic N) is 1. The number of carbonyl (C=O) groups excluding carboxylic acids is 1. The van der Waals surface area contributed by atoms with E-state index in [9.17, 15) is 9.59 Å². The van der Waals surface area contributed by atoms with Crippen molar-refractivity contribution in [2.45, 2.75) is 6.04 Å². The molecule has 1 amide bonds. The fraction of sp³-hybridized carbons (Fsp3) is 0.667. The molecule has 0 bridgehead atoms. The SMILES string of the molecule is CN1CC(=O)NC(C(=O)O)C1. The number of rotatable bonds is 1. The Kier molecular flexibility index (Phi) is 2.09. The summed E-state index contributed by atoms with van der Waals surface area (Å²) in [5.74, 6) is -1.21. The zero-order valence-electron chi connectivity index (χ0n) is 6.20. The highest BCUT2D eigenvalue weighted by Gasteiger charge is 2.26. The first-order valence-electron chi connectivity index (χ1n) is 3.30. The molecule has 1 rings (SSSR count). The summed E-state index contributed by atoms with van der Waals surface area (Å²) in [4.78, 5) is 22.9. The van der Waals surface area contributed by atoms with Crippen LogP contribution in [0.5, 0.6) is 0 Å². The number of carbonyl (C=O) groups is 2. The van der Waals surface area contributed by atoms with Crippen LogP contribution < -0.4 is 5.32 Å². The molecule has 62 valence electrons. The average molecular weight is 158 g/mol. The Labute approximate surface area is 64.0 Å². The quantitative estimate of drug-likeness (QED) is 0.487. The van der Waals surface area contributed by atoms with E-state index < -0.39 is 12.0 Å². The molecule has 0 aliphatic carbocycles. The van der Waals surface area contributed by atoms with Crippen molar-refractivity contribution < 1.29 is 14.7 Å². The molecule has 11 heavy (non-hydrogen) atoms. The summed E-state index contributed by atoms with van der Waals surface area (Å²) in [7, 11) is 1.72. The number of hydrogen-bond donors (Lipinski definition) is 2. The maximum atomic E-state index is 10.8. The number of hydrogen-bond acceptors (Lipinski definition) is 3. The number of aliphatic carboxylic acids is 1. The van der Waals surface area contributed by atoms with Gasteiger partial charge in [0.2, 0.25) is 5.91 Å². The van der Waals surface area contributed by atoms with Crippen LogP contribution in [-0.4, -0.2) is 48.1 Å². The van der Waals surface area contributed by atoms with Gasteiger partial charge in [-0.2, -0.15) is 0 Å². The standard InChI is InChI=1S/C6H10N2O3/c1-8-2-4(6(10)11)7-5(9)3-8/h4H,2-3H2,1H3,(H,7,9)(H,10,11). The number of piperazine rings is 1. The van der Waals surface area contributed by atoms with Crippen molar-refractivity contribution in [2.24, 2.45) is 0 Å². The molecule has 5 heteroatoms. The van der Waals surface area contributed by atoms with E-state index in [4.69, 9.17) is 5.11 Å². The van der Waals surface area contributed by atoms with E-state index in [0.717, 1.165) is 0 Å². The summed E-state index contributed by atoms with van der Waals surface area (Å²) >= 11 is 0. The molecule has 1 aliphatic rings. The van der Waals surface area contributed by atoms with Crippen LogP contribution in [0.1, 0.15) is 0 Å². The third-order valence-corrected chi connectivity index (χ3v) is 1.54. The molecule has 1 unspecified atom stereocenters. The normalized spacial score (nSPS) is 26.3. The lowest BCUT2D eigenvalue weighted by molar-refractivity contribution is -0.144. The van der Waals surface area contributed by atoms with Gasteiger partial charge < -0.3 is 10.4 Å². The van der Waals surface area contributed by atoms with Crippen LogP contribution in [0.2, 0.25) is 0 Å². The average Bonchev–Trinajstić information content (AvgIpc) is 1.85. The number of carboxylic acid groups (broad SMARTS) is 1. The second-order valence-corrected chi connectivity index (χ2v) is 2.66. The molecule has 0 radical (unpaired) electrons. The molecule has 1 atom stereocenters. The van der Waals surface area contributed by atoms with E-state index in [1.807, 2.05) is 0 Å². The minimum absolute atomic E-state index is 0.230. The number of amides is 1. The van der Waals surface area contributed by atoms with Crippen molar-refractivity contribution in [1.82, 2.24) is 10.2 Å². The van der Waals surface area contributed by atoms with Gasteiger partial charge in [-0.3, -0.25) is 9.69 Å². The van der Waals surface area contributed by atoms with Crippen LogP contribution in [0.3, 0.4) is 0 Å². The summed E-state index contributed by atoms with van der Waals surface area (Å²) < 4.78 is 0. The highest BCUT2D eigenvalue weighted by Crippen LogP contribution is 1.96. The van der Waals surface area contributed by atoms with Gasteiger partial charge in [-0.15, -0.1) is 0 Å². The van der Waals surface area contributed by atoms with Gasteiger partial charge in [0.05, 0.1) is 6.54 Å². The summed E-state index contributed by atoms with van der Waals surface area (Å²) in [5, 5.41) is 10.9. The van der Waals surface area contributed by atoms with Crippen LogP contribution in [0.15, 0.2) is 0 Å². The van der Waals surface area contributed by atoms with Gasteiger partial charge >= 0.3 is 5.97 Å². The van der Waals surface area contributed by atoms with Crippen molar-refractivity contribution in [3.05, 3.63) is 0 Å². The second-order valence-electron chi connectivity index (χ2n) is 2.66. The molecule has 5 nitrogen and oxygen atoms in total. The van der Waals surface area contributed by atoms with E-state index >= 15 is 0 Å². The van der Waals surface area contributed by atoms with Crippen LogP contribution in [0.4, 0.5) is 0 Å². The first kappa shape index (κ1) is 8.00. The van der Waals surface area contributed by atoms with Crippen LogP contribution in [0, 0.1) is 0 Å². The van der Waals surface area contributed by atoms with E-state index in [-0.39, 0.29) is 12.5 Å². The fourth-order valence-electron chi connectivity index (χ4n) is 1.05. The van der Waals surface area contributed by atoms with Crippen LogP contribution in [0.25, 0.3) is 0 Å². The molecule has 0 aromatic heterocycles. The summed E-state index contributed by atoms with van der Waals surface area (Å²) in [6.07, 6.45) is 0. The smallest absolute Gasteiger partial charge is 0.327 e. The van der Waals surface area contributed by atoms with Gasteiger partial charge in [0.25, 0.3) is 0 Å². The first-order chi connectivity index (χ1) is 5.09. The lowest BCUT2D eigenvalue weighted by atomic mass is 10.2. The van der Waals surface area contributed by atoms with Gasteiger partial charge in [-0.05, 0) is 7.05 Å². The molecule has 0 spiro atoms. The Morgan fingerprint density at radius 2 is 2.45 bits per heavy atom. The maximum Gasteiger partial charge on any atom is 0.327 e. The van der Waals surface area contributed by atoms with E-state index in [1.54, 1.807) is 11.9 Å². The molecule has 0 aromatic rings. The predicted molar refractivity (Wildman–Crippen MR) is 37.1 cm³/mol. The van der Waals surface area contributed by atoms with Crippen molar-refractivity contribution in [3.8, 4) is 0 Å². The topological polar surface area (TPSA) is 69.6 Å². The zero-order valence-corrected chi connectivity index (χ0v) is 6.20. The van der Waals surface area contributed by atoms with Gasteiger partial charge in [0.15, 0.2) is 0 Å². The molecule has 1 saturated heterocycles. The Hall–Kier alpha value is -1.10. The van der Waals surface area contributed by atoms with E-state index in [2.05, 4.69) is 5.32 Å². The maximum absolute atomic E-state index is 10.8. The monoisotopic (exact) mass is 158 g/mol. The molecule has 2 N–H and O–H groups in total. The predicted octanol–water partition coefficient (Wildman–Crippen LogP) is -1.50. The Morgan fingerprint density at radius 3 is 2.91 bits per heavy atom. The molecular weight excluding hydrogens is 148 g/mol. The third kappa shape index (κ3) is 1.91. The lowest BCUT2D eigenvalue weighted by Crippen LogP contribution is -2.55. The van der Waals surface area contributed by atoms with Gasteiger partial charge in [-0.25, -0.2) is 4.79 Å². The van der Waals surface area contributed by atoms with Crippen molar-refractivity contribution in [2.75, 3.05) is 20.1 Å². The molecule has 1 heterocycles. The fourth-order valence-corrected chi connectivity index (χ4v) is 1.05. The molecular formula is C6H10N2O3. The minimum Gasteiger partial charge on any atom is -0.480 e. The summed E-state index contributed by atoms with van der Waals surface area (Å²) in [6, 6.07) is -0.749. The van der Waals surface area contributed by atoms with Crippen LogP contribution >= 0.6 is 0 Å². The highest BCUT2D eigenvalue weighted by atomic mass is 16.4. The molecule has 1 fully saturated rings. The Morgan fingerprint density at radius 1 is 1.82 bits per heavy atom. The van der Waals surface area contributed by atoms with Crippen LogP contribution in [-0.2, 0) is 9.59 Å². The first-order valence-corrected chi connectivity index (χ1v) is 3.30. The third-order valence-electron chi connectivity index (χ3n) is 1.54. The largest absolute Gasteiger partial charge is 0.480 e. The number of carboxylic acids is 1. The van der Waals surface area contributed by atoms with Crippen molar-refractivity contribution in [3.63, 3.8) is 0 Å². The summed E-state index contributed by atoms with van der Waals surface area (Å²) in [6.45, 7) is 0.658. The van der Waals surface area contributed by atoms with Crippen molar-refractivity contribution >= 4 is 11.9 Å². The molecule has 1 aliphatic heterocycles. The summed E-state index contributed by atoms with van der Waals surface area (Å²) in [5.41, 5.74) is 0. The Balaban J connectivity index is 2.56.